The molecular formula is C15H17ClN4O. The van der Waals surface area contributed by atoms with Crippen LogP contribution in [0.4, 0.5) is 5.95 Å². The molecule has 6 heteroatoms. The van der Waals surface area contributed by atoms with Gasteiger partial charge in [0.1, 0.15) is 0 Å². The van der Waals surface area contributed by atoms with Crippen LogP contribution in [0.3, 0.4) is 0 Å². The zero-order valence-electron chi connectivity index (χ0n) is 11.5. The Bertz CT molecular complexity index is 657. The van der Waals surface area contributed by atoms with Crippen LogP contribution in [-0.2, 0) is 17.6 Å². The number of hydrogen-bond donors (Lipinski definition) is 2. The Balaban J connectivity index is 0.00000161. The molecule has 1 unspecified atom stereocenters. The van der Waals surface area contributed by atoms with E-state index >= 15 is 0 Å². The van der Waals surface area contributed by atoms with Crippen molar-refractivity contribution in [3.8, 4) is 11.1 Å². The number of carbonyl (C=O) groups excluding carboxylic acids is 1. The standard InChI is InChI=1S/C15H16N4O.ClH/c16-13-5-4-9-2-1-3-11(12(9)6-14(13)20)10-7-18-15(17)19-8-10;/h1-3,7-8,13H,4-6,16H2,(H2,17,18,19);1H. The van der Waals surface area contributed by atoms with Crippen molar-refractivity contribution < 1.29 is 4.79 Å². The predicted octanol–water partition coefficient (Wildman–Crippen LogP) is 1.53. The number of rotatable bonds is 1. The van der Waals surface area contributed by atoms with Crippen LogP contribution in [0.15, 0.2) is 30.6 Å². The van der Waals surface area contributed by atoms with E-state index in [0.29, 0.717) is 12.8 Å². The highest BCUT2D eigenvalue weighted by atomic mass is 35.5. The van der Waals surface area contributed by atoms with E-state index in [1.165, 1.54) is 5.56 Å². The summed E-state index contributed by atoms with van der Waals surface area (Å²) in [4.78, 5) is 20.1. The van der Waals surface area contributed by atoms with E-state index < -0.39 is 0 Å². The first-order chi connectivity index (χ1) is 9.65. The molecule has 0 amide bonds. The van der Waals surface area contributed by atoms with E-state index in [-0.39, 0.29) is 30.2 Å². The highest BCUT2D eigenvalue weighted by Crippen LogP contribution is 2.29. The van der Waals surface area contributed by atoms with E-state index in [1.807, 2.05) is 12.1 Å². The van der Waals surface area contributed by atoms with Crippen molar-refractivity contribution in [3.05, 3.63) is 41.7 Å². The maximum Gasteiger partial charge on any atom is 0.219 e. The van der Waals surface area contributed by atoms with Gasteiger partial charge in [0.05, 0.1) is 6.04 Å². The Morgan fingerprint density at radius 1 is 1.19 bits per heavy atom. The number of Topliss-reactive ketones (excluding diaryl/α,β-unsaturated/α-hetero) is 1. The van der Waals surface area contributed by atoms with Gasteiger partial charge < -0.3 is 11.5 Å². The molecule has 3 rings (SSSR count). The average molecular weight is 305 g/mol. The summed E-state index contributed by atoms with van der Waals surface area (Å²) >= 11 is 0. The van der Waals surface area contributed by atoms with E-state index in [4.69, 9.17) is 11.5 Å². The molecule has 1 atom stereocenters. The molecule has 110 valence electrons. The van der Waals surface area contributed by atoms with Gasteiger partial charge in [0.2, 0.25) is 5.95 Å². The molecule has 0 saturated heterocycles. The lowest BCUT2D eigenvalue weighted by Gasteiger charge is -2.11. The molecule has 0 fully saturated rings. The van der Waals surface area contributed by atoms with Crippen molar-refractivity contribution in [1.29, 1.82) is 0 Å². The fourth-order valence-corrected chi connectivity index (χ4v) is 2.60. The Labute approximate surface area is 129 Å². The van der Waals surface area contributed by atoms with Gasteiger partial charge in [-0.25, -0.2) is 9.97 Å². The highest BCUT2D eigenvalue weighted by Gasteiger charge is 2.22. The lowest BCUT2D eigenvalue weighted by Crippen LogP contribution is -2.30. The van der Waals surface area contributed by atoms with Gasteiger partial charge in [-0.3, -0.25) is 4.79 Å². The van der Waals surface area contributed by atoms with Crippen LogP contribution in [0.1, 0.15) is 17.5 Å². The van der Waals surface area contributed by atoms with E-state index in [0.717, 1.165) is 23.1 Å². The van der Waals surface area contributed by atoms with Gasteiger partial charge in [-0.05, 0) is 29.5 Å². The summed E-state index contributed by atoms with van der Waals surface area (Å²) in [6, 6.07) is 5.67. The summed E-state index contributed by atoms with van der Waals surface area (Å²) in [7, 11) is 0. The molecule has 5 nitrogen and oxygen atoms in total. The molecular weight excluding hydrogens is 288 g/mol. The van der Waals surface area contributed by atoms with Crippen LogP contribution < -0.4 is 11.5 Å². The third kappa shape index (κ3) is 3.04. The van der Waals surface area contributed by atoms with Crippen molar-refractivity contribution in [1.82, 2.24) is 9.97 Å². The lowest BCUT2D eigenvalue weighted by atomic mass is 9.94. The Morgan fingerprint density at radius 2 is 1.90 bits per heavy atom. The summed E-state index contributed by atoms with van der Waals surface area (Å²) < 4.78 is 0. The zero-order valence-corrected chi connectivity index (χ0v) is 12.3. The van der Waals surface area contributed by atoms with Crippen LogP contribution in [0, 0.1) is 0 Å². The monoisotopic (exact) mass is 304 g/mol. The first-order valence-electron chi connectivity index (χ1n) is 6.62. The maximum absolute atomic E-state index is 12.0. The number of ketones is 1. The third-order valence-corrected chi connectivity index (χ3v) is 3.75. The number of nitrogens with two attached hydrogens (primary N) is 2. The quantitative estimate of drug-likeness (QED) is 0.779. The molecule has 21 heavy (non-hydrogen) atoms. The number of carbonyl (C=O) groups is 1. The molecule has 0 bridgehead atoms. The fourth-order valence-electron chi connectivity index (χ4n) is 2.60. The van der Waals surface area contributed by atoms with E-state index in [2.05, 4.69) is 16.0 Å². The van der Waals surface area contributed by atoms with Gasteiger partial charge in [0.25, 0.3) is 0 Å². The molecule has 1 aliphatic carbocycles. The van der Waals surface area contributed by atoms with Crippen LogP contribution in [0.2, 0.25) is 0 Å². The van der Waals surface area contributed by atoms with Crippen LogP contribution in [-0.4, -0.2) is 21.8 Å². The van der Waals surface area contributed by atoms with Crippen molar-refractivity contribution in [2.45, 2.75) is 25.3 Å². The maximum atomic E-state index is 12.0. The highest BCUT2D eigenvalue weighted by molar-refractivity contribution is 5.89. The number of halogens is 1. The molecule has 0 spiro atoms. The van der Waals surface area contributed by atoms with Crippen LogP contribution in [0.25, 0.3) is 11.1 Å². The number of fused-ring (bicyclic) bond motifs is 1. The summed E-state index contributed by atoms with van der Waals surface area (Å²) in [5.41, 5.74) is 15.5. The summed E-state index contributed by atoms with van der Waals surface area (Å²) in [5.74, 6) is 0.335. The Morgan fingerprint density at radius 3 is 2.62 bits per heavy atom. The molecule has 2 aromatic rings. The van der Waals surface area contributed by atoms with Gasteiger partial charge in [0.15, 0.2) is 5.78 Å². The number of aryl methyl sites for hydroxylation is 1. The second-order valence-electron chi connectivity index (χ2n) is 5.06. The van der Waals surface area contributed by atoms with Crippen molar-refractivity contribution in [3.63, 3.8) is 0 Å². The largest absolute Gasteiger partial charge is 0.368 e. The molecule has 1 heterocycles. The predicted molar refractivity (Wildman–Crippen MR) is 84.1 cm³/mol. The first kappa shape index (κ1) is 15.4. The fraction of sp³-hybridized carbons (Fsp3) is 0.267. The molecule has 1 aromatic carbocycles. The Kier molecular flexibility index (Phi) is 4.55. The molecule has 1 aliphatic rings. The normalized spacial score (nSPS) is 17.6. The van der Waals surface area contributed by atoms with Crippen molar-refractivity contribution in [2.24, 2.45) is 5.73 Å². The minimum Gasteiger partial charge on any atom is -0.368 e. The number of hydrogen-bond acceptors (Lipinski definition) is 5. The topological polar surface area (TPSA) is 94.9 Å². The minimum atomic E-state index is -0.363. The number of nitrogen functional groups attached to an aromatic ring is 1. The lowest BCUT2D eigenvalue weighted by molar-refractivity contribution is -0.119. The van der Waals surface area contributed by atoms with Crippen LogP contribution >= 0.6 is 12.4 Å². The van der Waals surface area contributed by atoms with Gasteiger partial charge in [0, 0.05) is 24.4 Å². The average Bonchev–Trinajstić information content (AvgIpc) is 2.60. The van der Waals surface area contributed by atoms with Crippen molar-refractivity contribution in [2.75, 3.05) is 5.73 Å². The molecule has 0 radical (unpaired) electrons. The molecule has 1 aromatic heterocycles. The van der Waals surface area contributed by atoms with Crippen LogP contribution in [0.5, 0.6) is 0 Å². The van der Waals surface area contributed by atoms with Crippen molar-refractivity contribution >= 4 is 24.1 Å². The smallest absolute Gasteiger partial charge is 0.219 e. The SMILES string of the molecule is Cl.Nc1ncc(-c2cccc3c2CC(=O)C(N)CC3)cn1. The van der Waals surface area contributed by atoms with Gasteiger partial charge in [-0.15, -0.1) is 12.4 Å². The zero-order chi connectivity index (χ0) is 14.1. The minimum absolute atomic E-state index is 0. The molecule has 0 saturated carbocycles. The first-order valence-corrected chi connectivity index (χ1v) is 6.62. The van der Waals surface area contributed by atoms with E-state index in [1.54, 1.807) is 12.4 Å². The summed E-state index contributed by atoms with van der Waals surface area (Å²) in [6.07, 6.45) is 5.27. The van der Waals surface area contributed by atoms with Gasteiger partial charge in [-0.2, -0.15) is 0 Å². The second kappa shape index (κ2) is 6.20. The number of aromatic nitrogens is 2. The number of benzene rings is 1. The van der Waals surface area contributed by atoms with Gasteiger partial charge >= 0.3 is 0 Å². The summed E-state index contributed by atoms with van der Waals surface area (Å²) in [5, 5.41) is 0. The number of nitrogens with zero attached hydrogens (tertiary/aromatic N) is 2. The van der Waals surface area contributed by atoms with E-state index in [9.17, 15) is 4.79 Å². The second-order valence-corrected chi connectivity index (χ2v) is 5.06. The molecule has 0 aliphatic heterocycles. The summed E-state index contributed by atoms with van der Waals surface area (Å²) in [6.45, 7) is 0. The number of anilines is 1. The molecule has 4 N–H and O–H groups in total. The Hall–Kier alpha value is -1.98. The van der Waals surface area contributed by atoms with Gasteiger partial charge in [-0.1, -0.05) is 18.2 Å². The third-order valence-electron chi connectivity index (χ3n) is 3.75.